The van der Waals surface area contributed by atoms with E-state index < -0.39 is 39.8 Å². The highest BCUT2D eigenvalue weighted by Gasteiger charge is 2.41. The van der Waals surface area contributed by atoms with Gasteiger partial charge in [-0.05, 0) is 35.9 Å². The number of benzene rings is 2. The van der Waals surface area contributed by atoms with Crippen molar-refractivity contribution in [2.45, 2.75) is 23.4 Å². The zero-order valence-corrected chi connectivity index (χ0v) is 17.9. The van der Waals surface area contributed by atoms with Crippen LogP contribution < -0.4 is 5.32 Å². The highest BCUT2D eigenvalue weighted by molar-refractivity contribution is 8.00. The number of hydrogen-bond acceptors (Lipinski definition) is 5. The summed E-state index contributed by atoms with van der Waals surface area (Å²) in [5.74, 6) is -2.20. The molecule has 0 saturated carbocycles. The summed E-state index contributed by atoms with van der Waals surface area (Å²) in [6.07, 6.45) is -0.0672. The minimum absolute atomic E-state index is 0.0450. The number of nitrogens with zero attached hydrogens (tertiary/aromatic N) is 1. The van der Waals surface area contributed by atoms with Crippen LogP contribution in [0.3, 0.4) is 0 Å². The van der Waals surface area contributed by atoms with Crippen molar-refractivity contribution in [3.8, 4) is 0 Å². The van der Waals surface area contributed by atoms with Gasteiger partial charge in [0.05, 0.1) is 10.8 Å². The topological polar surface area (TPSA) is 104 Å². The fourth-order valence-corrected chi connectivity index (χ4v) is 6.41. The maximum atomic E-state index is 13.1. The first-order chi connectivity index (χ1) is 14.2. The van der Waals surface area contributed by atoms with Crippen molar-refractivity contribution >= 4 is 45.3 Å². The Balaban J connectivity index is 1.77. The highest BCUT2D eigenvalue weighted by atomic mass is 35.5. The van der Waals surface area contributed by atoms with Crippen LogP contribution in [0.25, 0.3) is 0 Å². The van der Waals surface area contributed by atoms with Crippen LogP contribution in [0.5, 0.6) is 0 Å². The smallest absolute Gasteiger partial charge is 0.326 e. The van der Waals surface area contributed by atoms with Crippen molar-refractivity contribution in [3.63, 3.8) is 0 Å². The number of halogens is 2. The Kier molecular flexibility index (Phi) is 7.02. The van der Waals surface area contributed by atoms with Crippen molar-refractivity contribution in [2.24, 2.45) is 0 Å². The van der Waals surface area contributed by atoms with Gasteiger partial charge in [0.1, 0.15) is 17.9 Å². The van der Waals surface area contributed by atoms with E-state index in [0.29, 0.717) is 5.56 Å². The van der Waals surface area contributed by atoms with E-state index in [1.165, 1.54) is 60.3 Å². The summed E-state index contributed by atoms with van der Waals surface area (Å²) in [6, 6.07) is 8.62. The number of rotatable bonds is 7. The van der Waals surface area contributed by atoms with Crippen molar-refractivity contribution in [1.29, 1.82) is 0 Å². The molecule has 3 rings (SSSR count). The summed E-state index contributed by atoms with van der Waals surface area (Å²) in [5.41, 5.74) is 0.522. The Hall–Kier alpha value is -2.14. The van der Waals surface area contributed by atoms with Crippen LogP contribution in [0.4, 0.5) is 4.39 Å². The predicted molar refractivity (Wildman–Crippen MR) is 111 cm³/mol. The summed E-state index contributed by atoms with van der Waals surface area (Å²) < 4.78 is 40.0. The molecule has 1 amide bonds. The Labute approximate surface area is 182 Å². The van der Waals surface area contributed by atoms with Gasteiger partial charge in [0.2, 0.25) is 15.9 Å². The van der Waals surface area contributed by atoms with E-state index in [0.717, 1.165) is 4.31 Å². The van der Waals surface area contributed by atoms with E-state index in [1.807, 2.05) is 0 Å². The van der Waals surface area contributed by atoms with Gasteiger partial charge in [-0.3, -0.25) is 4.79 Å². The number of sulfonamides is 1. The predicted octanol–water partition coefficient (Wildman–Crippen LogP) is 2.35. The van der Waals surface area contributed by atoms with E-state index in [1.54, 1.807) is 0 Å². The monoisotopic (exact) mass is 472 g/mol. The first-order valence-electron chi connectivity index (χ1n) is 8.81. The van der Waals surface area contributed by atoms with Gasteiger partial charge in [-0.15, -0.1) is 11.8 Å². The SMILES string of the molecule is O=C(O)[C@H](Cc1ccc(F)cc1)NC(=O)[C@@H]1CSCN1S(=O)(=O)c1cccc(Cl)c1. The summed E-state index contributed by atoms with van der Waals surface area (Å²) in [5, 5.41) is 12.1. The number of hydrogen-bond donors (Lipinski definition) is 2. The molecule has 160 valence electrons. The molecule has 0 spiro atoms. The summed E-state index contributed by atoms with van der Waals surface area (Å²) >= 11 is 7.14. The van der Waals surface area contributed by atoms with Crippen molar-refractivity contribution < 1.29 is 27.5 Å². The molecule has 30 heavy (non-hydrogen) atoms. The second kappa shape index (κ2) is 9.34. The van der Waals surface area contributed by atoms with Gasteiger partial charge in [-0.1, -0.05) is 29.8 Å². The van der Waals surface area contributed by atoms with Crippen molar-refractivity contribution in [2.75, 3.05) is 11.6 Å². The van der Waals surface area contributed by atoms with E-state index in [-0.39, 0.29) is 28.0 Å². The minimum atomic E-state index is -4.00. The van der Waals surface area contributed by atoms with Crippen LogP contribution in [0.15, 0.2) is 53.4 Å². The maximum Gasteiger partial charge on any atom is 0.326 e. The molecule has 1 saturated heterocycles. The van der Waals surface area contributed by atoms with Crippen LogP contribution in [0, 0.1) is 5.82 Å². The maximum absolute atomic E-state index is 13.1. The molecule has 2 N–H and O–H groups in total. The molecule has 0 aliphatic carbocycles. The van der Waals surface area contributed by atoms with Gasteiger partial charge in [0.15, 0.2) is 0 Å². The van der Waals surface area contributed by atoms with Crippen molar-refractivity contribution in [3.05, 3.63) is 64.9 Å². The Bertz CT molecular complexity index is 1050. The molecule has 0 aromatic heterocycles. The Morgan fingerprint density at radius 1 is 1.27 bits per heavy atom. The number of carbonyl (C=O) groups is 2. The molecule has 1 heterocycles. The van der Waals surface area contributed by atoms with Gasteiger partial charge >= 0.3 is 5.97 Å². The molecule has 11 heteroatoms. The van der Waals surface area contributed by atoms with Gasteiger partial charge in [-0.25, -0.2) is 17.6 Å². The van der Waals surface area contributed by atoms with E-state index in [2.05, 4.69) is 5.32 Å². The lowest BCUT2D eigenvalue weighted by molar-refractivity contribution is -0.142. The molecular weight excluding hydrogens is 455 g/mol. The standard InChI is InChI=1S/C19H18ClFN2O5S2/c20-13-2-1-3-15(9-13)30(27,28)23-11-29-10-17(23)18(24)22-16(19(25)26)8-12-4-6-14(21)7-5-12/h1-7,9,16-17H,8,10-11H2,(H,22,24)(H,25,26)/t16-,17-/m0/s1. The van der Waals surface area contributed by atoms with Gasteiger partial charge in [0, 0.05) is 17.2 Å². The number of carboxylic acids is 1. The zero-order valence-electron chi connectivity index (χ0n) is 15.5. The Morgan fingerprint density at radius 3 is 2.60 bits per heavy atom. The summed E-state index contributed by atoms with van der Waals surface area (Å²) in [6.45, 7) is 0. The molecule has 0 radical (unpaired) electrons. The molecular formula is C19H18ClFN2O5S2. The first-order valence-corrected chi connectivity index (χ1v) is 11.8. The molecule has 0 bridgehead atoms. The fourth-order valence-electron chi connectivity index (χ4n) is 2.96. The van der Waals surface area contributed by atoms with Crippen LogP contribution in [-0.4, -0.2) is 53.4 Å². The molecule has 1 fully saturated rings. The van der Waals surface area contributed by atoms with E-state index in [9.17, 15) is 27.5 Å². The first kappa shape index (κ1) is 22.5. The lowest BCUT2D eigenvalue weighted by Gasteiger charge is -2.24. The molecule has 2 atom stereocenters. The third-order valence-corrected chi connectivity index (χ3v) is 7.78. The lowest BCUT2D eigenvalue weighted by atomic mass is 10.1. The average molecular weight is 473 g/mol. The third-order valence-electron chi connectivity index (χ3n) is 4.51. The largest absolute Gasteiger partial charge is 0.480 e. The van der Waals surface area contributed by atoms with Crippen molar-refractivity contribution in [1.82, 2.24) is 9.62 Å². The van der Waals surface area contributed by atoms with Gasteiger partial charge < -0.3 is 10.4 Å². The molecule has 1 aliphatic rings. The number of amides is 1. The average Bonchev–Trinajstić information content (AvgIpc) is 3.20. The second-order valence-electron chi connectivity index (χ2n) is 6.60. The van der Waals surface area contributed by atoms with Crippen LogP contribution in [0.2, 0.25) is 5.02 Å². The quantitative estimate of drug-likeness (QED) is 0.641. The van der Waals surface area contributed by atoms with Crippen LogP contribution in [-0.2, 0) is 26.0 Å². The van der Waals surface area contributed by atoms with Gasteiger partial charge in [-0.2, -0.15) is 4.31 Å². The van der Waals surface area contributed by atoms with E-state index in [4.69, 9.17) is 11.6 Å². The van der Waals surface area contributed by atoms with E-state index >= 15 is 0 Å². The number of carboxylic acid groups (broad SMARTS) is 1. The fraction of sp³-hybridized carbons (Fsp3) is 0.263. The Morgan fingerprint density at radius 2 is 1.97 bits per heavy atom. The molecule has 0 unspecified atom stereocenters. The molecule has 2 aromatic rings. The summed E-state index contributed by atoms with van der Waals surface area (Å²) in [7, 11) is -4.00. The number of nitrogens with one attached hydrogen (secondary N) is 1. The second-order valence-corrected chi connectivity index (χ2v) is 9.92. The highest BCUT2D eigenvalue weighted by Crippen LogP contribution is 2.29. The third kappa shape index (κ3) is 5.12. The number of thioether (sulfide) groups is 1. The zero-order chi connectivity index (χ0) is 21.9. The van der Waals surface area contributed by atoms with Gasteiger partial charge in [0.25, 0.3) is 0 Å². The molecule has 7 nitrogen and oxygen atoms in total. The molecule has 1 aliphatic heterocycles. The molecule has 2 aromatic carbocycles. The summed E-state index contributed by atoms with van der Waals surface area (Å²) in [4.78, 5) is 24.4. The lowest BCUT2D eigenvalue weighted by Crippen LogP contribution is -2.52. The van der Waals surface area contributed by atoms with Crippen LogP contribution >= 0.6 is 23.4 Å². The number of carbonyl (C=O) groups excluding carboxylic acids is 1. The minimum Gasteiger partial charge on any atom is -0.480 e. The number of aliphatic carboxylic acids is 1. The van der Waals surface area contributed by atoms with Crippen LogP contribution in [0.1, 0.15) is 5.56 Å². The normalized spacial score (nSPS) is 18.1.